The Kier molecular flexibility index (Phi) is 5.39. The standard InChI is InChI=1S/C17H24N2O2/c1-5-10-18-12(2)15-8-6-7-9-17(15)20-11-16-13(3)19-21-14(16)4/h6-9,12,18H,5,10-11H2,1-4H3. The number of nitrogens with one attached hydrogen (secondary N) is 1. The molecule has 0 fully saturated rings. The molecule has 1 N–H and O–H groups in total. The third kappa shape index (κ3) is 3.85. The van der Waals surface area contributed by atoms with Crippen molar-refractivity contribution in [2.45, 2.75) is 46.8 Å². The molecule has 1 unspecified atom stereocenters. The first-order chi connectivity index (χ1) is 10.1. The molecule has 4 heteroatoms. The third-order valence-electron chi connectivity index (χ3n) is 3.64. The first-order valence-corrected chi connectivity index (χ1v) is 7.50. The van der Waals surface area contributed by atoms with Crippen molar-refractivity contribution in [1.29, 1.82) is 0 Å². The second-order valence-electron chi connectivity index (χ2n) is 5.31. The lowest BCUT2D eigenvalue weighted by Crippen LogP contribution is -2.20. The highest BCUT2D eigenvalue weighted by atomic mass is 16.5. The van der Waals surface area contributed by atoms with E-state index in [0.717, 1.165) is 35.7 Å². The van der Waals surface area contributed by atoms with E-state index in [9.17, 15) is 0 Å². The van der Waals surface area contributed by atoms with Gasteiger partial charge >= 0.3 is 0 Å². The molecule has 0 radical (unpaired) electrons. The van der Waals surface area contributed by atoms with Crippen molar-refractivity contribution in [3.05, 3.63) is 46.8 Å². The van der Waals surface area contributed by atoms with E-state index >= 15 is 0 Å². The molecule has 0 aliphatic carbocycles. The molecule has 0 aliphatic rings. The van der Waals surface area contributed by atoms with Crippen LogP contribution in [0.2, 0.25) is 0 Å². The SMILES string of the molecule is CCCNC(C)c1ccccc1OCc1c(C)noc1C. The van der Waals surface area contributed by atoms with Crippen LogP contribution in [0.4, 0.5) is 0 Å². The van der Waals surface area contributed by atoms with E-state index in [4.69, 9.17) is 9.26 Å². The normalized spacial score (nSPS) is 12.4. The van der Waals surface area contributed by atoms with Crippen molar-refractivity contribution < 1.29 is 9.26 Å². The minimum absolute atomic E-state index is 0.269. The average Bonchev–Trinajstić information content (AvgIpc) is 2.82. The Morgan fingerprint density at radius 2 is 2.05 bits per heavy atom. The Labute approximate surface area is 126 Å². The van der Waals surface area contributed by atoms with E-state index in [2.05, 4.69) is 30.4 Å². The molecular weight excluding hydrogens is 264 g/mol. The van der Waals surface area contributed by atoms with Crippen LogP contribution in [0.3, 0.4) is 0 Å². The molecule has 0 bridgehead atoms. The zero-order valence-electron chi connectivity index (χ0n) is 13.3. The predicted octanol–water partition coefficient (Wildman–Crippen LogP) is 3.93. The van der Waals surface area contributed by atoms with Crippen LogP contribution >= 0.6 is 0 Å². The van der Waals surface area contributed by atoms with Gasteiger partial charge in [0.15, 0.2) is 0 Å². The predicted molar refractivity (Wildman–Crippen MR) is 83.5 cm³/mol. The summed E-state index contributed by atoms with van der Waals surface area (Å²) in [5.74, 6) is 1.73. The monoisotopic (exact) mass is 288 g/mol. The van der Waals surface area contributed by atoms with E-state index < -0.39 is 0 Å². The van der Waals surface area contributed by atoms with Gasteiger partial charge in [-0.3, -0.25) is 0 Å². The summed E-state index contributed by atoms with van der Waals surface area (Å²) in [6.07, 6.45) is 1.12. The van der Waals surface area contributed by atoms with Gasteiger partial charge in [0.1, 0.15) is 18.1 Å². The Morgan fingerprint density at radius 3 is 2.71 bits per heavy atom. The van der Waals surface area contributed by atoms with Crippen molar-refractivity contribution in [3.63, 3.8) is 0 Å². The van der Waals surface area contributed by atoms with Crippen molar-refractivity contribution in [3.8, 4) is 5.75 Å². The Balaban J connectivity index is 2.10. The Hall–Kier alpha value is -1.81. The quantitative estimate of drug-likeness (QED) is 0.838. The first-order valence-electron chi connectivity index (χ1n) is 7.50. The summed E-state index contributed by atoms with van der Waals surface area (Å²) in [5.41, 5.74) is 3.10. The molecule has 2 rings (SSSR count). The van der Waals surface area contributed by atoms with Gasteiger partial charge in [0.05, 0.1) is 11.3 Å². The van der Waals surface area contributed by atoms with E-state index in [1.165, 1.54) is 5.56 Å². The van der Waals surface area contributed by atoms with Crippen molar-refractivity contribution in [2.75, 3.05) is 6.54 Å². The van der Waals surface area contributed by atoms with Crippen LogP contribution in [-0.2, 0) is 6.61 Å². The molecule has 0 spiro atoms. The molecule has 0 saturated heterocycles. The van der Waals surface area contributed by atoms with E-state index in [1.807, 2.05) is 32.0 Å². The van der Waals surface area contributed by atoms with Crippen LogP contribution in [-0.4, -0.2) is 11.7 Å². The van der Waals surface area contributed by atoms with Crippen molar-refractivity contribution in [1.82, 2.24) is 10.5 Å². The molecule has 1 heterocycles. The molecule has 0 saturated carbocycles. The smallest absolute Gasteiger partial charge is 0.140 e. The highest BCUT2D eigenvalue weighted by molar-refractivity contribution is 5.36. The van der Waals surface area contributed by atoms with Gasteiger partial charge in [-0.1, -0.05) is 30.3 Å². The Morgan fingerprint density at radius 1 is 1.29 bits per heavy atom. The topological polar surface area (TPSA) is 47.3 Å². The minimum Gasteiger partial charge on any atom is -0.488 e. The van der Waals surface area contributed by atoms with Gasteiger partial charge < -0.3 is 14.6 Å². The van der Waals surface area contributed by atoms with E-state index in [0.29, 0.717) is 6.61 Å². The van der Waals surface area contributed by atoms with Gasteiger partial charge in [-0.25, -0.2) is 0 Å². The molecule has 114 valence electrons. The van der Waals surface area contributed by atoms with Gasteiger partial charge in [-0.2, -0.15) is 0 Å². The van der Waals surface area contributed by atoms with Crippen LogP contribution in [0.25, 0.3) is 0 Å². The summed E-state index contributed by atoms with van der Waals surface area (Å²) in [4.78, 5) is 0. The van der Waals surface area contributed by atoms with Gasteiger partial charge in [0, 0.05) is 11.6 Å². The number of aryl methyl sites for hydroxylation is 2. The van der Waals surface area contributed by atoms with Crippen LogP contribution in [0.1, 0.15) is 48.9 Å². The van der Waals surface area contributed by atoms with Crippen molar-refractivity contribution >= 4 is 0 Å². The van der Waals surface area contributed by atoms with Gasteiger partial charge in [-0.05, 0) is 39.8 Å². The zero-order valence-corrected chi connectivity index (χ0v) is 13.3. The van der Waals surface area contributed by atoms with Gasteiger partial charge in [0.2, 0.25) is 0 Å². The number of rotatable bonds is 7. The average molecular weight is 288 g/mol. The summed E-state index contributed by atoms with van der Waals surface area (Å²) in [7, 11) is 0. The maximum Gasteiger partial charge on any atom is 0.140 e. The summed E-state index contributed by atoms with van der Waals surface area (Å²) in [6, 6.07) is 8.43. The summed E-state index contributed by atoms with van der Waals surface area (Å²) >= 11 is 0. The van der Waals surface area contributed by atoms with Crippen LogP contribution in [0, 0.1) is 13.8 Å². The number of ether oxygens (including phenoxy) is 1. The fourth-order valence-electron chi connectivity index (χ4n) is 2.30. The largest absolute Gasteiger partial charge is 0.488 e. The summed E-state index contributed by atoms with van der Waals surface area (Å²) in [6.45, 7) is 9.66. The molecule has 2 aromatic rings. The second kappa shape index (κ2) is 7.27. The van der Waals surface area contributed by atoms with Crippen molar-refractivity contribution in [2.24, 2.45) is 0 Å². The van der Waals surface area contributed by atoms with E-state index in [-0.39, 0.29) is 6.04 Å². The number of benzene rings is 1. The van der Waals surface area contributed by atoms with E-state index in [1.54, 1.807) is 0 Å². The fourth-order valence-corrected chi connectivity index (χ4v) is 2.30. The molecular formula is C17H24N2O2. The summed E-state index contributed by atoms with van der Waals surface area (Å²) < 4.78 is 11.2. The lowest BCUT2D eigenvalue weighted by atomic mass is 10.1. The lowest BCUT2D eigenvalue weighted by molar-refractivity contribution is 0.295. The minimum atomic E-state index is 0.269. The molecule has 21 heavy (non-hydrogen) atoms. The number of para-hydroxylation sites is 1. The highest BCUT2D eigenvalue weighted by Gasteiger charge is 2.13. The lowest BCUT2D eigenvalue weighted by Gasteiger charge is -2.18. The molecule has 0 aliphatic heterocycles. The van der Waals surface area contributed by atoms with Crippen LogP contribution < -0.4 is 10.1 Å². The number of hydrogen-bond donors (Lipinski definition) is 1. The highest BCUT2D eigenvalue weighted by Crippen LogP contribution is 2.26. The first kappa shape index (κ1) is 15.6. The second-order valence-corrected chi connectivity index (χ2v) is 5.31. The molecule has 4 nitrogen and oxygen atoms in total. The van der Waals surface area contributed by atoms with Gasteiger partial charge in [0.25, 0.3) is 0 Å². The molecule has 1 aromatic carbocycles. The third-order valence-corrected chi connectivity index (χ3v) is 3.64. The molecule has 0 amide bonds. The molecule has 1 atom stereocenters. The van der Waals surface area contributed by atoms with Gasteiger partial charge in [-0.15, -0.1) is 0 Å². The number of aromatic nitrogens is 1. The number of nitrogens with zero attached hydrogens (tertiary/aromatic N) is 1. The Bertz CT molecular complexity index is 558. The zero-order chi connectivity index (χ0) is 15.2. The maximum atomic E-state index is 6.00. The maximum absolute atomic E-state index is 6.00. The summed E-state index contributed by atoms with van der Waals surface area (Å²) in [5, 5.41) is 7.45. The van der Waals surface area contributed by atoms with Crippen LogP contribution in [0.15, 0.2) is 28.8 Å². The molecule has 1 aromatic heterocycles. The number of hydrogen-bond acceptors (Lipinski definition) is 4. The fraction of sp³-hybridized carbons (Fsp3) is 0.471. The van der Waals surface area contributed by atoms with Crippen LogP contribution in [0.5, 0.6) is 5.75 Å².